The largest absolute Gasteiger partial charge is 0.374 e. The maximum atomic E-state index is 6.12. The van der Waals surface area contributed by atoms with Crippen LogP contribution in [0.5, 0.6) is 0 Å². The summed E-state index contributed by atoms with van der Waals surface area (Å²) in [7, 11) is 1.96. The Morgan fingerprint density at radius 3 is 2.88 bits per heavy atom. The van der Waals surface area contributed by atoms with Crippen LogP contribution in [0.1, 0.15) is 44.1 Å². The Kier molecular flexibility index (Phi) is 5.88. The van der Waals surface area contributed by atoms with Gasteiger partial charge in [0.25, 0.3) is 0 Å². The molecule has 0 spiro atoms. The molecular weight excluding hydrogens is 316 g/mol. The lowest BCUT2D eigenvalue weighted by atomic mass is 10.0. The van der Waals surface area contributed by atoms with Crippen LogP contribution >= 0.6 is 0 Å². The molecule has 3 rings (SSSR count). The van der Waals surface area contributed by atoms with E-state index < -0.39 is 0 Å². The second-order valence-corrected chi connectivity index (χ2v) is 6.92. The van der Waals surface area contributed by atoms with Gasteiger partial charge in [0.05, 0.1) is 30.6 Å². The monoisotopic (exact) mass is 346 g/mol. The summed E-state index contributed by atoms with van der Waals surface area (Å²) in [5.74, 6) is 0. The highest BCUT2D eigenvalue weighted by Gasteiger charge is 2.33. The van der Waals surface area contributed by atoms with Crippen LogP contribution in [0.3, 0.4) is 0 Å². The molecule has 138 valence electrons. The second-order valence-electron chi connectivity index (χ2n) is 6.92. The van der Waals surface area contributed by atoms with Crippen LogP contribution in [0.15, 0.2) is 24.7 Å². The quantitative estimate of drug-likeness (QED) is 0.828. The Bertz CT molecular complexity index is 664. The molecule has 0 aliphatic carbocycles. The maximum Gasteiger partial charge on any atom is 0.0897 e. The van der Waals surface area contributed by atoms with Crippen molar-refractivity contribution < 1.29 is 4.74 Å². The molecule has 1 N–H and O–H groups in total. The molecule has 2 atom stereocenters. The number of nitrogens with zero attached hydrogens (tertiary/aromatic N) is 5. The van der Waals surface area contributed by atoms with E-state index in [0.29, 0.717) is 6.04 Å². The highest BCUT2D eigenvalue weighted by molar-refractivity contribution is 5.14. The maximum absolute atomic E-state index is 6.12. The van der Waals surface area contributed by atoms with Crippen molar-refractivity contribution in [3.63, 3.8) is 0 Å². The molecule has 1 fully saturated rings. The molecule has 7 nitrogen and oxygen atoms in total. The summed E-state index contributed by atoms with van der Waals surface area (Å²) in [6.07, 6.45) is 6.05. The lowest BCUT2D eigenvalue weighted by molar-refractivity contribution is -0.0695. The SMILES string of the molecule is CCN1CCO[C@@H](CNCc2ccnn2C(C)C)[C@@H]1c1cnn(C)c1. The van der Waals surface area contributed by atoms with E-state index in [4.69, 9.17) is 4.74 Å². The highest BCUT2D eigenvalue weighted by atomic mass is 16.5. The van der Waals surface area contributed by atoms with Crippen molar-refractivity contribution in [3.05, 3.63) is 35.9 Å². The molecule has 7 heteroatoms. The molecule has 2 aromatic heterocycles. The lowest BCUT2D eigenvalue weighted by Crippen LogP contribution is -2.48. The normalized spacial score (nSPS) is 22.0. The number of rotatable bonds is 7. The lowest BCUT2D eigenvalue weighted by Gasteiger charge is -2.40. The standard InChI is InChI=1S/C18H30N6O/c1-5-23-8-9-25-17(18(23)15-10-21-22(4)13-15)12-19-11-16-6-7-20-24(16)14(2)3/h6-7,10,13-14,17-19H,5,8-9,11-12H2,1-4H3/t17-,18-/m0/s1. The predicted octanol–water partition coefficient (Wildman–Crippen LogP) is 1.75. The van der Waals surface area contributed by atoms with Crippen LogP contribution in [0.2, 0.25) is 0 Å². The zero-order valence-electron chi connectivity index (χ0n) is 15.7. The van der Waals surface area contributed by atoms with Gasteiger partial charge >= 0.3 is 0 Å². The van der Waals surface area contributed by atoms with E-state index in [-0.39, 0.29) is 12.1 Å². The topological polar surface area (TPSA) is 60.1 Å². The molecule has 0 radical (unpaired) electrons. The van der Waals surface area contributed by atoms with Crippen molar-refractivity contribution in [3.8, 4) is 0 Å². The molecule has 2 aromatic rings. The van der Waals surface area contributed by atoms with Crippen molar-refractivity contribution in [2.24, 2.45) is 7.05 Å². The predicted molar refractivity (Wildman–Crippen MR) is 97.3 cm³/mol. The average molecular weight is 346 g/mol. The molecule has 0 aromatic carbocycles. The van der Waals surface area contributed by atoms with E-state index in [1.54, 1.807) is 0 Å². The smallest absolute Gasteiger partial charge is 0.0897 e. The Morgan fingerprint density at radius 1 is 1.36 bits per heavy atom. The van der Waals surface area contributed by atoms with Gasteiger partial charge in [0.1, 0.15) is 0 Å². The fourth-order valence-electron chi connectivity index (χ4n) is 3.62. The van der Waals surface area contributed by atoms with E-state index in [1.807, 2.05) is 24.1 Å². The summed E-state index contributed by atoms with van der Waals surface area (Å²) in [4.78, 5) is 2.48. The van der Waals surface area contributed by atoms with Gasteiger partial charge in [-0.05, 0) is 26.5 Å². The Morgan fingerprint density at radius 2 is 2.20 bits per heavy atom. The van der Waals surface area contributed by atoms with Crippen molar-refractivity contribution in [1.82, 2.24) is 29.8 Å². The summed E-state index contributed by atoms with van der Waals surface area (Å²) in [5.41, 5.74) is 2.43. The van der Waals surface area contributed by atoms with E-state index in [0.717, 1.165) is 32.8 Å². The Balaban J connectivity index is 1.65. The first-order chi connectivity index (χ1) is 12.1. The number of hydrogen-bond acceptors (Lipinski definition) is 5. The number of hydrogen-bond donors (Lipinski definition) is 1. The van der Waals surface area contributed by atoms with Gasteiger partial charge in [-0.3, -0.25) is 14.3 Å². The number of aryl methyl sites for hydroxylation is 1. The molecule has 0 saturated carbocycles. The number of aromatic nitrogens is 4. The van der Waals surface area contributed by atoms with Gasteiger partial charge in [0, 0.05) is 50.7 Å². The summed E-state index contributed by atoms with van der Waals surface area (Å²) in [6, 6.07) is 2.69. The highest BCUT2D eigenvalue weighted by Crippen LogP contribution is 2.28. The van der Waals surface area contributed by atoms with Gasteiger partial charge in [-0.15, -0.1) is 0 Å². The third-order valence-corrected chi connectivity index (χ3v) is 4.82. The molecule has 0 bridgehead atoms. The molecule has 25 heavy (non-hydrogen) atoms. The number of nitrogens with one attached hydrogen (secondary N) is 1. The molecule has 1 aliphatic heterocycles. The van der Waals surface area contributed by atoms with Crippen molar-refractivity contribution in [1.29, 1.82) is 0 Å². The van der Waals surface area contributed by atoms with Gasteiger partial charge < -0.3 is 10.1 Å². The van der Waals surface area contributed by atoms with E-state index >= 15 is 0 Å². The Labute approximate surface area is 149 Å². The van der Waals surface area contributed by atoms with Crippen LogP contribution in [-0.2, 0) is 18.3 Å². The van der Waals surface area contributed by atoms with Crippen LogP contribution in [-0.4, -0.2) is 56.8 Å². The van der Waals surface area contributed by atoms with Crippen LogP contribution in [0, 0.1) is 0 Å². The zero-order chi connectivity index (χ0) is 17.8. The summed E-state index contributed by atoms with van der Waals surface area (Å²) in [6.45, 7) is 10.9. The molecular formula is C18H30N6O. The third kappa shape index (κ3) is 4.11. The van der Waals surface area contributed by atoms with E-state index in [2.05, 4.69) is 58.1 Å². The fourth-order valence-corrected chi connectivity index (χ4v) is 3.62. The van der Waals surface area contributed by atoms with Gasteiger partial charge in [0.2, 0.25) is 0 Å². The summed E-state index contributed by atoms with van der Waals surface area (Å²) in [5, 5.41) is 12.3. The van der Waals surface area contributed by atoms with Gasteiger partial charge in [-0.1, -0.05) is 6.92 Å². The Hall–Kier alpha value is -1.70. The summed E-state index contributed by atoms with van der Waals surface area (Å²) >= 11 is 0. The van der Waals surface area contributed by atoms with Gasteiger partial charge in [0.15, 0.2) is 0 Å². The van der Waals surface area contributed by atoms with Crippen molar-refractivity contribution in [2.75, 3.05) is 26.2 Å². The minimum absolute atomic E-state index is 0.119. The van der Waals surface area contributed by atoms with E-state index in [9.17, 15) is 0 Å². The molecule has 3 heterocycles. The molecule has 1 saturated heterocycles. The number of ether oxygens (including phenoxy) is 1. The molecule has 1 aliphatic rings. The number of likely N-dealkylation sites (N-methyl/N-ethyl adjacent to an activating group) is 1. The first-order valence-corrected chi connectivity index (χ1v) is 9.17. The first-order valence-electron chi connectivity index (χ1n) is 9.17. The first kappa shape index (κ1) is 18.1. The molecule has 0 amide bonds. The van der Waals surface area contributed by atoms with Crippen molar-refractivity contribution >= 4 is 0 Å². The average Bonchev–Trinajstić information content (AvgIpc) is 3.23. The van der Waals surface area contributed by atoms with Crippen LogP contribution in [0.4, 0.5) is 0 Å². The van der Waals surface area contributed by atoms with E-state index in [1.165, 1.54) is 11.3 Å². The molecule has 0 unspecified atom stereocenters. The summed E-state index contributed by atoms with van der Waals surface area (Å²) < 4.78 is 10.0. The minimum atomic E-state index is 0.119. The fraction of sp³-hybridized carbons (Fsp3) is 0.667. The minimum Gasteiger partial charge on any atom is -0.374 e. The van der Waals surface area contributed by atoms with Crippen molar-refractivity contribution in [2.45, 2.75) is 45.5 Å². The van der Waals surface area contributed by atoms with Crippen LogP contribution < -0.4 is 5.32 Å². The second kappa shape index (κ2) is 8.12. The third-order valence-electron chi connectivity index (χ3n) is 4.82. The van der Waals surface area contributed by atoms with Gasteiger partial charge in [-0.25, -0.2) is 0 Å². The zero-order valence-corrected chi connectivity index (χ0v) is 15.7. The number of morpholine rings is 1. The van der Waals surface area contributed by atoms with Crippen LogP contribution in [0.25, 0.3) is 0 Å². The van der Waals surface area contributed by atoms with Gasteiger partial charge in [-0.2, -0.15) is 10.2 Å².